The van der Waals surface area contributed by atoms with Gasteiger partial charge in [-0.25, -0.2) is 4.79 Å². The van der Waals surface area contributed by atoms with Gasteiger partial charge < -0.3 is 14.8 Å². The van der Waals surface area contributed by atoms with Gasteiger partial charge in [-0.15, -0.1) is 0 Å². The highest BCUT2D eigenvalue weighted by Crippen LogP contribution is 2.13. The minimum absolute atomic E-state index is 0.242. The van der Waals surface area contributed by atoms with Gasteiger partial charge in [-0.05, 0) is 44.4 Å². The fraction of sp³-hybridized carbons (Fsp3) is 0.500. The van der Waals surface area contributed by atoms with Crippen molar-refractivity contribution in [1.82, 2.24) is 5.32 Å². The molecule has 0 saturated heterocycles. The van der Waals surface area contributed by atoms with Gasteiger partial charge in [0.1, 0.15) is 6.54 Å². The highest BCUT2D eigenvalue weighted by atomic mass is 16.5. The number of benzene rings is 1. The molecule has 0 bridgehead atoms. The molecular weight excluding hydrogens is 358 g/mol. The van der Waals surface area contributed by atoms with Crippen LogP contribution in [0.25, 0.3) is 6.08 Å². The van der Waals surface area contributed by atoms with Crippen molar-refractivity contribution in [3.8, 4) is 0 Å². The number of hydrogen-bond donors (Lipinski definition) is 1. The van der Waals surface area contributed by atoms with Crippen molar-refractivity contribution in [3.63, 3.8) is 0 Å². The second-order valence-electron chi connectivity index (χ2n) is 6.39. The Hall–Kier alpha value is -2.63. The number of hydrogen-bond acceptors (Lipinski definition) is 5. The highest BCUT2D eigenvalue weighted by Gasteiger charge is 2.24. The fourth-order valence-electron chi connectivity index (χ4n) is 2.61. The summed E-state index contributed by atoms with van der Waals surface area (Å²) in [5.74, 6) is -1.56. The molecular formula is C22H31NO5. The van der Waals surface area contributed by atoms with E-state index < -0.39 is 23.9 Å². The fourth-order valence-corrected chi connectivity index (χ4v) is 2.61. The first-order valence-electron chi connectivity index (χ1n) is 9.88. The summed E-state index contributed by atoms with van der Waals surface area (Å²) < 4.78 is 10.2. The van der Waals surface area contributed by atoms with Crippen LogP contribution in [0.1, 0.15) is 68.8 Å². The topological polar surface area (TPSA) is 81.7 Å². The number of amides is 1. The van der Waals surface area contributed by atoms with E-state index in [0.717, 1.165) is 31.2 Å². The van der Waals surface area contributed by atoms with Crippen LogP contribution in [0.3, 0.4) is 0 Å². The van der Waals surface area contributed by atoms with Crippen molar-refractivity contribution in [2.75, 3.05) is 13.2 Å². The third-order valence-corrected chi connectivity index (χ3v) is 4.08. The van der Waals surface area contributed by atoms with Crippen LogP contribution in [0.5, 0.6) is 0 Å². The normalized spacial score (nSPS) is 11.8. The molecule has 0 aliphatic rings. The third-order valence-electron chi connectivity index (χ3n) is 4.08. The predicted octanol–water partition coefficient (Wildman–Crippen LogP) is 3.89. The molecule has 0 aliphatic carbocycles. The Morgan fingerprint density at radius 3 is 2.39 bits per heavy atom. The Morgan fingerprint density at radius 1 is 1.07 bits per heavy atom. The molecule has 0 fully saturated rings. The summed E-state index contributed by atoms with van der Waals surface area (Å²) in [6.45, 7) is 5.71. The molecule has 0 heterocycles. The van der Waals surface area contributed by atoms with Gasteiger partial charge in [0.25, 0.3) is 5.91 Å². The first kappa shape index (κ1) is 23.4. The smallest absolute Gasteiger partial charge is 0.338 e. The summed E-state index contributed by atoms with van der Waals surface area (Å²) in [5, 5.41) is 2.49. The summed E-state index contributed by atoms with van der Waals surface area (Å²) in [6.07, 6.45) is 7.15. The Balaban J connectivity index is 2.72. The lowest BCUT2D eigenvalue weighted by molar-refractivity contribution is -0.144. The van der Waals surface area contributed by atoms with Gasteiger partial charge in [0.05, 0.1) is 12.2 Å². The maximum absolute atomic E-state index is 12.4. The van der Waals surface area contributed by atoms with Crippen molar-refractivity contribution in [2.45, 2.75) is 59.0 Å². The minimum Gasteiger partial charge on any atom is -0.465 e. The summed E-state index contributed by atoms with van der Waals surface area (Å²) >= 11 is 0. The van der Waals surface area contributed by atoms with Crippen molar-refractivity contribution in [3.05, 3.63) is 41.5 Å². The molecule has 1 rings (SSSR count). The third kappa shape index (κ3) is 8.84. The Bertz CT molecular complexity index is 651. The molecule has 154 valence electrons. The van der Waals surface area contributed by atoms with Crippen LogP contribution in [0.4, 0.5) is 0 Å². The van der Waals surface area contributed by atoms with E-state index in [0.29, 0.717) is 12.0 Å². The predicted molar refractivity (Wildman–Crippen MR) is 109 cm³/mol. The maximum atomic E-state index is 12.4. The number of rotatable bonds is 12. The zero-order valence-corrected chi connectivity index (χ0v) is 17.0. The van der Waals surface area contributed by atoms with E-state index in [-0.39, 0.29) is 13.2 Å². The van der Waals surface area contributed by atoms with E-state index in [2.05, 4.69) is 12.2 Å². The molecule has 1 atom stereocenters. The van der Waals surface area contributed by atoms with Gasteiger partial charge >= 0.3 is 11.9 Å². The highest BCUT2D eigenvalue weighted by molar-refractivity contribution is 5.93. The second-order valence-corrected chi connectivity index (χ2v) is 6.39. The quantitative estimate of drug-likeness (QED) is 0.433. The summed E-state index contributed by atoms with van der Waals surface area (Å²) in [5.41, 5.74) is 1.35. The molecule has 1 aromatic rings. The first-order valence-corrected chi connectivity index (χ1v) is 9.88. The van der Waals surface area contributed by atoms with Gasteiger partial charge in [-0.1, -0.05) is 50.5 Å². The molecule has 0 radical (unpaired) electrons. The van der Waals surface area contributed by atoms with Crippen LogP contribution in [0.2, 0.25) is 0 Å². The maximum Gasteiger partial charge on any atom is 0.338 e. The molecule has 0 saturated carbocycles. The Kier molecular flexibility index (Phi) is 11.3. The number of carbonyl (C=O) groups is 3. The largest absolute Gasteiger partial charge is 0.465 e. The van der Waals surface area contributed by atoms with Crippen LogP contribution in [-0.2, 0) is 19.1 Å². The van der Waals surface area contributed by atoms with E-state index in [1.807, 2.05) is 31.2 Å². The number of carbonyl (C=O) groups excluding carboxylic acids is 3. The average Bonchev–Trinajstić information content (AvgIpc) is 2.69. The number of unbranched alkanes of at least 4 members (excludes halogenated alkanes) is 3. The number of allylic oxidation sites excluding steroid dienone is 1. The average molecular weight is 389 g/mol. The molecule has 1 aromatic carbocycles. The zero-order chi connectivity index (χ0) is 20.8. The second kappa shape index (κ2) is 13.5. The van der Waals surface area contributed by atoms with Gasteiger partial charge in [0, 0.05) is 0 Å². The van der Waals surface area contributed by atoms with Gasteiger partial charge in [-0.2, -0.15) is 0 Å². The van der Waals surface area contributed by atoms with E-state index in [4.69, 9.17) is 9.47 Å². The van der Waals surface area contributed by atoms with Crippen molar-refractivity contribution < 1.29 is 23.9 Å². The molecule has 1 unspecified atom stereocenters. The lowest BCUT2D eigenvalue weighted by Crippen LogP contribution is -2.40. The van der Waals surface area contributed by atoms with Crippen molar-refractivity contribution in [1.29, 1.82) is 0 Å². The molecule has 0 aromatic heterocycles. The lowest BCUT2D eigenvalue weighted by atomic mass is 10.1. The van der Waals surface area contributed by atoms with Gasteiger partial charge in [-0.3, -0.25) is 9.59 Å². The summed E-state index contributed by atoms with van der Waals surface area (Å²) in [4.78, 5) is 36.3. The Labute approximate surface area is 167 Å². The van der Waals surface area contributed by atoms with Crippen molar-refractivity contribution in [2.24, 2.45) is 0 Å². The van der Waals surface area contributed by atoms with Crippen LogP contribution in [0.15, 0.2) is 30.3 Å². The summed E-state index contributed by atoms with van der Waals surface area (Å²) in [7, 11) is 0. The number of nitrogens with one attached hydrogen (secondary N) is 1. The van der Waals surface area contributed by atoms with E-state index in [1.165, 1.54) is 0 Å². The van der Waals surface area contributed by atoms with Crippen LogP contribution < -0.4 is 5.32 Å². The lowest BCUT2D eigenvalue weighted by Gasteiger charge is -2.17. The van der Waals surface area contributed by atoms with E-state index in [1.54, 1.807) is 19.1 Å². The minimum atomic E-state index is -0.936. The summed E-state index contributed by atoms with van der Waals surface area (Å²) in [6, 6.07) is 6.96. The van der Waals surface area contributed by atoms with Crippen LogP contribution in [0, 0.1) is 0 Å². The molecule has 1 N–H and O–H groups in total. The monoisotopic (exact) mass is 389 g/mol. The molecule has 28 heavy (non-hydrogen) atoms. The number of ether oxygens (including phenoxy) is 2. The van der Waals surface area contributed by atoms with Crippen LogP contribution in [-0.4, -0.2) is 37.1 Å². The zero-order valence-electron chi connectivity index (χ0n) is 17.0. The first-order chi connectivity index (χ1) is 13.5. The van der Waals surface area contributed by atoms with Crippen LogP contribution >= 0.6 is 0 Å². The standard InChI is InChI=1S/C22H31NO5/c1-4-7-8-9-11-19(21(25)23-16-20(24)27-6-3)28-22(26)18-14-12-17(10-5-2)13-15-18/h5,10,12-15,19H,4,6-9,11,16H2,1-3H3,(H,23,25)/b10-5+. The number of esters is 2. The SMILES string of the molecule is C/C=C/c1ccc(C(=O)OC(CCCCCC)C(=O)NCC(=O)OCC)cc1. The van der Waals surface area contributed by atoms with Crippen molar-refractivity contribution >= 4 is 23.9 Å². The molecule has 6 heteroatoms. The van der Waals surface area contributed by atoms with Gasteiger partial charge in [0.2, 0.25) is 0 Å². The van der Waals surface area contributed by atoms with E-state index in [9.17, 15) is 14.4 Å². The van der Waals surface area contributed by atoms with E-state index >= 15 is 0 Å². The molecule has 0 spiro atoms. The Morgan fingerprint density at radius 2 is 1.79 bits per heavy atom. The molecule has 0 aliphatic heterocycles. The molecule has 1 amide bonds. The van der Waals surface area contributed by atoms with Gasteiger partial charge in [0.15, 0.2) is 6.10 Å². The molecule has 6 nitrogen and oxygen atoms in total.